The van der Waals surface area contributed by atoms with Gasteiger partial charge in [0, 0.05) is 35.3 Å². The molecule has 1 aliphatic rings. The van der Waals surface area contributed by atoms with Crippen LogP contribution >= 0.6 is 0 Å². The van der Waals surface area contributed by atoms with Gasteiger partial charge in [0.2, 0.25) is 11.9 Å². The lowest BCUT2D eigenvalue weighted by molar-refractivity contribution is -0.115. The summed E-state index contributed by atoms with van der Waals surface area (Å²) in [6, 6.07) is 8.45. The monoisotopic (exact) mass is 392 g/mol. The van der Waals surface area contributed by atoms with Gasteiger partial charge < -0.3 is 20.5 Å². The van der Waals surface area contributed by atoms with Gasteiger partial charge in [-0.2, -0.15) is 4.98 Å². The highest BCUT2D eigenvalue weighted by atomic mass is 16.5. The molecule has 9 heteroatoms. The molecule has 1 amide bonds. The molecule has 29 heavy (non-hydrogen) atoms. The lowest BCUT2D eigenvalue weighted by atomic mass is 9.94. The molecule has 3 heterocycles. The van der Waals surface area contributed by atoms with E-state index < -0.39 is 11.9 Å². The molecule has 0 bridgehead atoms. The second kappa shape index (κ2) is 7.27. The van der Waals surface area contributed by atoms with Gasteiger partial charge in [-0.15, -0.1) is 5.10 Å². The van der Waals surface area contributed by atoms with Crippen LogP contribution in [0.5, 0.6) is 11.5 Å². The quantitative estimate of drug-likeness (QED) is 0.683. The number of aromatic nitrogens is 4. The minimum absolute atomic E-state index is 0.378. The number of fused-ring (bicyclic) bond motifs is 1. The van der Waals surface area contributed by atoms with Crippen molar-refractivity contribution in [3.05, 3.63) is 59.6 Å². The summed E-state index contributed by atoms with van der Waals surface area (Å²) >= 11 is 0. The van der Waals surface area contributed by atoms with Crippen molar-refractivity contribution in [3.63, 3.8) is 0 Å². The van der Waals surface area contributed by atoms with E-state index in [1.807, 2.05) is 18.2 Å². The normalized spacial score (nSPS) is 15.5. The van der Waals surface area contributed by atoms with Crippen LogP contribution in [0.25, 0.3) is 11.4 Å². The molecule has 148 valence electrons. The molecule has 0 saturated heterocycles. The van der Waals surface area contributed by atoms with Gasteiger partial charge >= 0.3 is 0 Å². The third-order valence-electron chi connectivity index (χ3n) is 4.77. The van der Waals surface area contributed by atoms with Gasteiger partial charge in [0.05, 0.1) is 19.8 Å². The molecule has 0 aliphatic carbocycles. The standard InChI is InChI=1S/C20H20N6O3/c1-11-16(18(21)27)17(14-7-6-13(28-2)9-15(14)29-3)26-20(23-11)24-19(25-26)12-5-4-8-22-10-12/h4-10,17H,1-3H3,(H2,21,27)(H,23,24,25). The number of hydrogen-bond acceptors (Lipinski definition) is 7. The lowest BCUT2D eigenvalue weighted by Crippen LogP contribution is -2.32. The Hall–Kier alpha value is -3.88. The second-order valence-corrected chi connectivity index (χ2v) is 6.48. The Labute approximate surface area is 167 Å². The maximum atomic E-state index is 12.3. The Balaban J connectivity index is 1.92. The van der Waals surface area contributed by atoms with Gasteiger partial charge in [0.25, 0.3) is 0 Å². The first-order valence-electron chi connectivity index (χ1n) is 8.90. The number of rotatable bonds is 5. The van der Waals surface area contributed by atoms with Crippen molar-refractivity contribution >= 4 is 11.9 Å². The number of carbonyl (C=O) groups excluding carboxylic acids is 1. The number of primary amides is 1. The molecule has 3 aromatic rings. The first-order chi connectivity index (χ1) is 14.0. The van der Waals surface area contributed by atoms with E-state index in [2.05, 4.69) is 20.4 Å². The van der Waals surface area contributed by atoms with Crippen LogP contribution in [0.4, 0.5) is 5.95 Å². The van der Waals surface area contributed by atoms with Crippen LogP contribution < -0.4 is 20.5 Å². The molecule has 9 nitrogen and oxygen atoms in total. The first-order valence-corrected chi connectivity index (χ1v) is 8.90. The van der Waals surface area contributed by atoms with Gasteiger partial charge in [-0.3, -0.25) is 9.78 Å². The number of anilines is 1. The Kier molecular flexibility index (Phi) is 4.63. The molecule has 1 aromatic carbocycles. The molecule has 4 rings (SSSR count). The van der Waals surface area contributed by atoms with Crippen molar-refractivity contribution in [3.8, 4) is 22.9 Å². The molecular weight excluding hydrogens is 372 g/mol. The number of benzene rings is 1. The van der Waals surface area contributed by atoms with Crippen molar-refractivity contribution in [2.24, 2.45) is 5.73 Å². The van der Waals surface area contributed by atoms with Crippen LogP contribution in [-0.4, -0.2) is 39.9 Å². The Bertz CT molecular complexity index is 1110. The molecular formula is C20H20N6O3. The number of nitrogens with one attached hydrogen (secondary N) is 1. The number of allylic oxidation sites excluding steroid dienone is 1. The van der Waals surface area contributed by atoms with Crippen LogP contribution in [0, 0.1) is 0 Å². The fourth-order valence-electron chi connectivity index (χ4n) is 3.42. The van der Waals surface area contributed by atoms with Crippen molar-refractivity contribution < 1.29 is 14.3 Å². The minimum Gasteiger partial charge on any atom is -0.497 e. The minimum atomic E-state index is -0.609. The predicted octanol–water partition coefficient (Wildman–Crippen LogP) is 2.13. The van der Waals surface area contributed by atoms with Crippen molar-refractivity contribution in [2.45, 2.75) is 13.0 Å². The largest absolute Gasteiger partial charge is 0.497 e. The van der Waals surface area contributed by atoms with Gasteiger partial charge in [-0.25, -0.2) is 4.68 Å². The summed E-state index contributed by atoms with van der Waals surface area (Å²) in [6.45, 7) is 1.78. The average molecular weight is 392 g/mol. The summed E-state index contributed by atoms with van der Waals surface area (Å²) in [6.07, 6.45) is 3.36. The summed E-state index contributed by atoms with van der Waals surface area (Å²) in [4.78, 5) is 21.0. The molecule has 1 unspecified atom stereocenters. The number of methoxy groups -OCH3 is 2. The summed E-state index contributed by atoms with van der Waals surface area (Å²) < 4.78 is 12.5. The number of nitrogens with zero attached hydrogens (tertiary/aromatic N) is 4. The zero-order chi connectivity index (χ0) is 20.5. The average Bonchev–Trinajstić information content (AvgIpc) is 3.16. The number of hydrogen-bond donors (Lipinski definition) is 2. The molecule has 2 aromatic heterocycles. The molecule has 1 aliphatic heterocycles. The van der Waals surface area contributed by atoms with E-state index in [4.69, 9.17) is 15.2 Å². The maximum absolute atomic E-state index is 12.3. The van der Waals surface area contributed by atoms with E-state index in [0.29, 0.717) is 40.1 Å². The number of pyridine rings is 1. The van der Waals surface area contributed by atoms with Gasteiger partial charge in [0.1, 0.15) is 17.5 Å². The fourth-order valence-corrected chi connectivity index (χ4v) is 3.42. The second-order valence-electron chi connectivity index (χ2n) is 6.48. The van der Waals surface area contributed by atoms with Gasteiger partial charge in [-0.05, 0) is 31.2 Å². The maximum Gasteiger partial charge on any atom is 0.248 e. The third kappa shape index (κ3) is 3.16. The van der Waals surface area contributed by atoms with Crippen LogP contribution in [-0.2, 0) is 4.79 Å². The van der Waals surface area contributed by atoms with E-state index in [-0.39, 0.29) is 0 Å². The van der Waals surface area contributed by atoms with E-state index in [0.717, 1.165) is 5.56 Å². The SMILES string of the molecule is COc1ccc(C2C(C(N)=O)=C(C)Nc3nc(-c4cccnc4)nn32)c(OC)c1. The molecule has 3 N–H and O–H groups in total. The summed E-state index contributed by atoms with van der Waals surface area (Å²) in [5, 5.41) is 7.76. The molecule has 0 fully saturated rings. The van der Waals surface area contributed by atoms with Crippen molar-refractivity contribution in [1.29, 1.82) is 0 Å². The van der Waals surface area contributed by atoms with E-state index in [1.54, 1.807) is 50.4 Å². The van der Waals surface area contributed by atoms with E-state index >= 15 is 0 Å². The van der Waals surface area contributed by atoms with Crippen LogP contribution in [0.15, 0.2) is 54.0 Å². The molecule has 0 spiro atoms. The predicted molar refractivity (Wildman–Crippen MR) is 106 cm³/mol. The zero-order valence-electron chi connectivity index (χ0n) is 16.2. The number of ether oxygens (including phenoxy) is 2. The summed E-state index contributed by atoms with van der Waals surface area (Å²) in [5.41, 5.74) is 8.20. The van der Waals surface area contributed by atoms with Gasteiger partial charge in [-0.1, -0.05) is 0 Å². The Morgan fingerprint density at radius 3 is 2.72 bits per heavy atom. The Morgan fingerprint density at radius 2 is 2.07 bits per heavy atom. The number of nitrogens with two attached hydrogens (primary N) is 1. The Morgan fingerprint density at radius 1 is 1.24 bits per heavy atom. The fraction of sp³-hybridized carbons (Fsp3) is 0.200. The molecule has 0 saturated carbocycles. The lowest BCUT2D eigenvalue weighted by Gasteiger charge is -2.28. The third-order valence-corrected chi connectivity index (χ3v) is 4.77. The summed E-state index contributed by atoms with van der Waals surface area (Å²) in [7, 11) is 3.14. The highest BCUT2D eigenvalue weighted by Gasteiger charge is 2.35. The number of carbonyl (C=O) groups is 1. The van der Waals surface area contributed by atoms with Crippen molar-refractivity contribution in [2.75, 3.05) is 19.5 Å². The smallest absolute Gasteiger partial charge is 0.248 e. The number of amides is 1. The first kappa shape index (κ1) is 18.5. The van der Waals surface area contributed by atoms with Gasteiger partial charge in [0.15, 0.2) is 5.82 Å². The van der Waals surface area contributed by atoms with Crippen LogP contribution in [0.1, 0.15) is 18.5 Å². The molecule has 1 atom stereocenters. The summed E-state index contributed by atoms with van der Waals surface area (Å²) in [5.74, 6) is 1.61. The van der Waals surface area contributed by atoms with Crippen LogP contribution in [0.3, 0.4) is 0 Å². The topological polar surface area (TPSA) is 117 Å². The van der Waals surface area contributed by atoms with Crippen molar-refractivity contribution in [1.82, 2.24) is 19.7 Å². The highest BCUT2D eigenvalue weighted by molar-refractivity contribution is 5.95. The van der Waals surface area contributed by atoms with Crippen LogP contribution in [0.2, 0.25) is 0 Å². The highest BCUT2D eigenvalue weighted by Crippen LogP contribution is 2.40. The van der Waals surface area contributed by atoms with E-state index in [1.165, 1.54) is 0 Å². The van der Waals surface area contributed by atoms with E-state index in [9.17, 15) is 4.79 Å². The molecule has 0 radical (unpaired) electrons. The zero-order valence-corrected chi connectivity index (χ0v) is 16.2.